The minimum atomic E-state index is -0.0387. The number of thioether (sulfide) groups is 2. The lowest BCUT2D eigenvalue weighted by Crippen LogP contribution is -2.43. The maximum Gasteiger partial charge on any atom is 0.237 e. The van der Waals surface area contributed by atoms with Crippen molar-refractivity contribution in [2.75, 3.05) is 0 Å². The van der Waals surface area contributed by atoms with Crippen molar-refractivity contribution >= 4 is 29.4 Å². The highest BCUT2D eigenvalue weighted by molar-refractivity contribution is 8.06. The Morgan fingerprint density at radius 1 is 1.29 bits per heavy atom. The topological polar surface area (TPSA) is 20.3 Å². The van der Waals surface area contributed by atoms with Gasteiger partial charge in [0.15, 0.2) is 0 Å². The molecule has 2 rings (SSSR count). The molecule has 0 bridgehead atoms. The van der Waals surface area contributed by atoms with Gasteiger partial charge in [0.1, 0.15) is 0 Å². The molecule has 4 heteroatoms. The summed E-state index contributed by atoms with van der Waals surface area (Å²) in [5.41, 5.74) is 0. The molecule has 80 valence electrons. The van der Waals surface area contributed by atoms with Gasteiger partial charge in [0, 0.05) is 4.75 Å². The van der Waals surface area contributed by atoms with Gasteiger partial charge in [-0.3, -0.25) is 4.79 Å². The summed E-state index contributed by atoms with van der Waals surface area (Å²) >= 11 is 3.72. The molecule has 1 amide bonds. The molecule has 0 unspecified atom stereocenters. The molecule has 0 aliphatic carbocycles. The molecule has 0 aromatic rings. The van der Waals surface area contributed by atoms with Crippen LogP contribution in [0.15, 0.2) is 0 Å². The lowest BCUT2D eigenvalue weighted by atomic mass is 10.1. The number of nitrogens with zero attached hydrogens (tertiary/aromatic N) is 1. The summed E-state index contributed by atoms with van der Waals surface area (Å²) in [6.07, 6.45) is 0. The van der Waals surface area contributed by atoms with Gasteiger partial charge >= 0.3 is 0 Å². The first-order valence-electron chi connectivity index (χ1n) is 4.94. The number of fused-ring (bicyclic) bond motifs is 1. The predicted molar refractivity (Wildman–Crippen MR) is 63.4 cm³/mol. The van der Waals surface area contributed by atoms with Crippen molar-refractivity contribution in [1.29, 1.82) is 0 Å². The summed E-state index contributed by atoms with van der Waals surface area (Å²) in [5, 5.41) is 0.490. The molecule has 2 aliphatic heterocycles. The fourth-order valence-corrected chi connectivity index (χ4v) is 5.99. The van der Waals surface area contributed by atoms with E-state index in [2.05, 4.69) is 32.6 Å². The van der Waals surface area contributed by atoms with E-state index in [0.717, 1.165) is 0 Å². The number of carbonyl (C=O) groups excluding carboxylic acids is 1. The largest absolute Gasteiger partial charge is 0.314 e. The van der Waals surface area contributed by atoms with Gasteiger partial charge in [-0.15, -0.1) is 23.5 Å². The summed E-state index contributed by atoms with van der Waals surface area (Å²) in [4.78, 5) is 14.0. The Kier molecular flexibility index (Phi) is 2.17. The van der Waals surface area contributed by atoms with E-state index in [1.807, 2.05) is 30.4 Å². The van der Waals surface area contributed by atoms with Crippen LogP contribution in [0.5, 0.6) is 0 Å². The summed E-state index contributed by atoms with van der Waals surface area (Å²) in [5.74, 6) is 0.308. The molecule has 0 radical (unpaired) electrons. The van der Waals surface area contributed by atoms with Crippen molar-refractivity contribution in [1.82, 2.24) is 4.90 Å². The maximum atomic E-state index is 12.0. The Bertz CT molecular complexity index is 288. The second kappa shape index (κ2) is 2.85. The molecule has 2 fully saturated rings. The van der Waals surface area contributed by atoms with E-state index in [-0.39, 0.29) is 14.9 Å². The molecule has 2 aliphatic rings. The summed E-state index contributed by atoms with van der Waals surface area (Å²) < 4.78 is 0.175. The monoisotopic (exact) mass is 231 g/mol. The van der Waals surface area contributed by atoms with Crippen molar-refractivity contribution in [2.45, 2.75) is 54.9 Å². The van der Waals surface area contributed by atoms with Crippen LogP contribution in [-0.4, -0.2) is 31.0 Å². The molecule has 0 N–H and O–H groups in total. The van der Waals surface area contributed by atoms with Gasteiger partial charge in [-0.05, 0) is 34.6 Å². The van der Waals surface area contributed by atoms with E-state index in [1.165, 1.54) is 0 Å². The maximum absolute atomic E-state index is 12.0. The van der Waals surface area contributed by atoms with Crippen LogP contribution in [0.1, 0.15) is 34.6 Å². The van der Waals surface area contributed by atoms with Gasteiger partial charge in [-0.1, -0.05) is 0 Å². The van der Waals surface area contributed by atoms with Crippen LogP contribution in [0.3, 0.4) is 0 Å². The number of hydrogen-bond acceptors (Lipinski definition) is 3. The first-order valence-corrected chi connectivity index (χ1v) is 6.70. The Morgan fingerprint density at radius 3 is 2.36 bits per heavy atom. The first kappa shape index (κ1) is 10.7. The van der Waals surface area contributed by atoms with Crippen LogP contribution in [0.2, 0.25) is 0 Å². The normalized spacial score (nSPS) is 38.9. The van der Waals surface area contributed by atoms with E-state index in [1.54, 1.807) is 0 Å². The fraction of sp³-hybridized carbons (Fsp3) is 0.900. The summed E-state index contributed by atoms with van der Waals surface area (Å²) in [6, 6.07) is 0. The van der Waals surface area contributed by atoms with Crippen molar-refractivity contribution in [2.24, 2.45) is 0 Å². The smallest absolute Gasteiger partial charge is 0.237 e. The Morgan fingerprint density at radius 2 is 1.86 bits per heavy atom. The third kappa shape index (κ3) is 1.30. The molecule has 0 aromatic carbocycles. The highest BCUT2D eigenvalue weighted by Gasteiger charge is 2.58. The summed E-state index contributed by atoms with van der Waals surface area (Å²) in [7, 11) is 0. The molecule has 2 nitrogen and oxygen atoms in total. The van der Waals surface area contributed by atoms with Gasteiger partial charge in [-0.25, -0.2) is 0 Å². The van der Waals surface area contributed by atoms with Crippen LogP contribution in [0.25, 0.3) is 0 Å². The number of rotatable bonds is 0. The van der Waals surface area contributed by atoms with Crippen LogP contribution < -0.4 is 0 Å². The molecule has 2 atom stereocenters. The standard InChI is InChI=1S/C10H17NOS2/c1-6-7(12)11-8(13-6)9(2,3)14-10(11,4)5/h6,8H,1-5H3/t6-,8-/m0/s1. The molecule has 0 saturated carbocycles. The molecule has 2 heterocycles. The van der Waals surface area contributed by atoms with E-state index in [4.69, 9.17) is 0 Å². The average molecular weight is 231 g/mol. The molecular weight excluding hydrogens is 214 g/mol. The number of carbonyl (C=O) groups is 1. The van der Waals surface area contributed by atoms with Gasteiger partial charge < -0.3 is 4.90 Å². The molecular formula is C10H17NOS2. The second-order valence-electron chi connectivity index (χ2n) is 4.99. The highest BCUT2D eigenvalue weighted by Crippen LogP contribution is 2.58. The number of hydrogen-bond donors (Lipinski definition) is 0. The van der Waals surface area contributed by atoms with Crippen LogP contribution >= 0.6 is 23.5 Å². The number of amides is 1. The van der Waals surface area contributed by atoms with E-state index >= 15 is 0 Å². The van der Waals surface area contributed by atoms with Crippen LogP contribution in [0, 0.1) is 0 Å². The highest BCUT2D eigenvalue weighted by atomic mass is 32.2. The summed E-state index contributed by atoms with van der Waals surface area (Å²) in [6.45, 7) is 10.8. The lowest BCUT2D eigenvalue weighted by Gasteiger charge is -2.29. The average Bonchev–Trinajstić information content (AvgIpc) is 2.34. The quantitative estimate of drug-likeness (QED) is 0.639. The Hall–Kier alpha value is 0.170. The predicted octanol–water partition coefficient (Wildman–Crippen LogP) is 2.54. The molecule has 14 heavy (non-hydrogen) atoms. The van der Waals surface area contributed by atoms with Crippen molar-refractivity contribution in [3.63, 3.8) is 0 Å². The zero-order valence-corrected chi connectivity index (χ0v) is 11.0. The fourth-order valence-electron chi connectivity index (χ4n) is 2.39. The minimum Gasteiger partial charge on any atom is -0.314 e. The van der Waals surface area contributed by atoms with E-state index in [0.29, 0.717) is 11.3 Å². The van der Waals surface area contributed by atoms with Crippen molar-refractivity contribution in [3.8, 4) is 0 Å². The molecule has 2 saturated heterocycles. The SMILES string of the molecule is C[C@@H]1S[C@@H]2N(C1=O)C(C)(C)SC2(C)C. The first-order chi connectivity index (χ1) is 6.26. The zero-order chi connectivity index (χ0) is 10.7. The Balaban J connectivity index is 2.39. The van der Waals surface area contributed by atoms with Crippen molar-refractivity contribution in [3.05, 3.63) is 0 Å². The molecule has 0 spiro atoms. The van der Waals surface area contributed by atoms with Crippen LogP contribution in [-0.2, 0) is 4.79 Å². The van der Waals surface area contributed by atoms with Crippen LogP contribution in [0.4, 0.5) is 0 Å². The molecule has 0 aromatic heterocycles. The van der Waals surface area contributed by atoms with E-state index in [9.17, 15) is 4.79 Å². The van der Waals surface area contributed by atoms with Gasteiger partial charge in [0.2, 0.25) is 5.91 Å². The third-order valence-electron chi connectivity index (χ3n) is 2.84. The zero-order valence-electron chi connectivity index (χ0n) is 9.33. The minimum absolute atomic E-state index is 0.0387. The second-order valence-corrected chi connectivity index (χ2v) is 8.67. The van der Waals surface area contributed by atoms with Crippen molar-refractivity contribution < 1.29 is 4.79 Å². The van der Waals surface area contributed by atoms with Gasteiger partial charge in [-0.2, -0.15) is 0 Å². The van der Waals surface area contributed by atoms with Gasteiger partial charge in [0.05, 0.1) is 15.5 Å². The lowest BCUT2D eigenvalue weighted by molar-refractivity contribution is -0.131. The van der Waals surface area contributed by atoms with E-state index < -0.39 is 0 Å². The Labute approximate surface area is 94.2 Å². The van der Waals surface area contributed by atoms with Gasteiger partial charge in [0.25, 0.3) is 0 Å². The third-order valence-corrected chi connectivity index (χ3v) is 6.10.